The number of rotatable bonds is 2. The molecule has 126 valence electrons. The molecule has 4 aromatic rings. The molecule has 2 aromatic carbocycles. The molecule has 1 N–H and O–H groups in total. The van der Waals surface area contributed by atoms with E-state index >= 15 is 0 Å². The van der Waals surface area contributed by atoms with Crippen molar-refractivity contribution >= 4 is 42.3 Å². The van der Waals surface area contributed by atoms with Gasteiger partial charge in [0.05, 0.1) is 5.52 Å². The largest absolute Gasteiger partial charge is 0.312 e. The molecule has 0 amide bonds. The maximum Gasteiger partial charge on any atom is 0.277 e. The van der Waals surface area contributed by atoms with Gasteiger partial charge in [-0.2, -0.15) is 8.42 Å². The summed E-state index contributed by atoms with van der Waals surface area (Å²) in [7, 11) is -3.60. The van der Waals surface area contributed by atoms with Crippen LogP contribution in [-0.4, -0.2) is 18.9 Å². The fourth-order valence-corrected chi connectivity index (χ4v) is 6.45. The lowest BCUT2D eigenvalue weighted by molar-refractivity contribution is 0.591. The number of fused-ring (bicyclic) bond motifs is 1. The van der Waals surface area contributed by atoms with Gasteiger partial charge in [0, 0.05) is 22.8 Å². The highest BCUT2D eigenvalue weighted by Crippen LogP contribution is 2.34. The SMILES string of the molecule is O=S(=O)(c1cc2ccccc2s1)n1cc2c3c(cccc31)CNCC2. The van der Waals surface area contributed by atoms with Crippen LogP contribution in [0.1, 0.15) is 11.1 Å². The molecule has 0 radical (unpaired) electrons. The van der Waals surface area contributed by atoms with Gasteiger partial charge in [0.1, 0.15) is 4.21 Å². The van der Waals surface area contributed by atoms with E-state index in [1.54, 1.807) is 12.3 Å². The van der Waals surface area contributed by atoms with Crippen molar-refractivity contribution in [2.45, 2.75) is 17.2 Å². The van der Waals surface area contributed by atoms with Crippen molar-refractivity contribution < 1.29 is 8.42 Å². The minimum atomic E-state index is -3.60. The Labute approximate surface area is 149 Å². The third kappa shape index (κ3) is 2.25. The zero-order chi connectivity index (χ0) is 17.0. The Balaban J connectivity index is 1.77. The summed E-state index contributed by atoms with van der Waals surface area (Å²) < 4.78 is 29.5. The van der Waals surface area contributed by atoms with Crippen molar-refractivity contribution in [3.05, 3.63) is 65.9 Å². The highest BCUT2D eigenvalue weighted by Gasteiger charge is 2.25. The number of nitrogens with one attached hydrogen (secondary N) is 1. The van der Waals surface area contributed by atoms with Crippen LogP contribution in [0.3, 0.4) is 0 Å². The second-order valence-electron chi connectivity index (χ2n) is 6.30. The van der Waals surface area contributed by atoms with Crippen LogP contribution < -0.4 is 5.32 Å². The number of aromatic nitrogens is 1. The van der Waals surface area contributed by atoms with E-state index in [-0.39, 0.29) is 0 Å². The van der Waals surface area contributed by atoms with Gasteiger partial charge in [-0.15, -0.1) is 11.3 Å². The Morgan fingerprint density at radius 1 is 1.04 bits per heavy atom. The Morgan fingerprint density at radius 3 is 2.80 bits per heavy atom. The lowest BCUT2D eigenvalue weighted by Crippen LogP contribution is -2.15. The fourth-order valence-electron chi connectivity index (χ4n) is 3.58. The minimum absolute atomic E-state index is 0.387. The number of benzene rings is 2. The Bertz CT molecular complexity index is 1190. The second-order valence-corrected chi connectivity index (χ2v) is 9.42. The first kappa shape index (κ1) is 15.1. The Morgan fingerprint density at radius 2 is 1.92 bits per heavy atom. The van der Waals surface area contributed by atoms with Gasteiger partial charge >= 0.3 is 0 Å². The number of hydrogen-bond donors (Lipinski definition) is 1. The van der Waals surface area contributed by atoms with Crippen LogP contribution in [0.15, 0.2) is 58.9 Å². The minimum Gasteiger partial charge on any atom is -0.312 e. The first-order valence-corrected chi connectivity index (χ1v) is 10.5. The van der Waals surface area contributed by atoms with Gasteiger partial charge in [0.25, 0.3) is 10.0 Å². The molecular formula is C19H16N2O2S2. The first-order chi connectivity index (χ1) is 12.1. The van der Waals surface area contributed by atoms with Crippen LogP contribution in [0.5, 0.6) is 0 Å². The molecule has 0 spiro atoms. The maximum atomic E-state index is 13.3. The van der Waals surface area contributed by atoms with Gasteiger partial charge in [-0.05, 0) is 47.7 Å². The third-order valence-electron chi connectivity index (χ3n) is 4.76. The van der Waals surface area contributed by atoms with Gasteiger partial charge in [-0.3, -0.25) is 0 Å². The van der Waals surface area contributed by atoms with Crippen molar-refractivity contribution in [2.75, 3.05) is 6.54 Å². The van der Waals surface area contributed by atoms with E-state index in [1.807, 2.05) is 36.4 Å². The molecule has 3 heterocycles. The third-order valence-corrected chi connectivity index (χ3v) is 8.00. The van der Waals surface area contributed by atoms with Crippen LogP contribution in [-0.2, 0) is 23.0 Å². The maximum absolute atomic E-state index is 13.3. The van der Waals surface area contributed by atoms with E-state index in [2.05, 4.69) is 11.4 Å². The van der Waals surface area contributed by atoms with Crippen molar-refractivity contribution in [3.63, 3.8) is 0 Å². The zero-order valence-corrected chi connectivity index (χ0v) is 15.0. The predicted octanol–water partition coefficient (Wildman–Crippen LogP) is 3.74. The molecule has 2 aromatic heterocycles. The summed E-state index contributed by atoms with van der Waals surface area (Å²) >= 11 is 1.33. The average molecular weight is 368 g/mol. The smallest absolute Gasteiger partial charge is 0.277 e. The number of thiophene rings is 1. The van der Waals surface area contributed by atoms with Crippen LogP contribution in [0, 0.1) is 0 Å². The highest BCUT2D eigenvalue weighted by molar-refractivity contribution is 7.92. The molecule has 0 atom stereocenters. The van der Waals surface area contributed by atoms with Crippen molar-refractivity contribution in [1.82, 2.24) is 9.29 Å². The van der Waals surface area contributed by atoms with E-state index in [0.29, 0.717) is 4.21 Å². The zero-order valence-electron chi connectivity index (χ0n) is 13.4. The molecule has 5 rings (SSSR count). The summed E-state index contributed by atoms with van der Waals surface area (Å²) in [5.74, 6) is 0. The fraction of sp³-hybridized carbons (Fsp3) is 0.158. The molecule has 0 fully saturated rings. The molecule has 0 aliphatic carbocycles. The molecule has 6 heteroatoms. The Hall–Kier alpha value is -2.15. The average Bonchev–Trinajstić information content (AvgIpc) is 3.15. The van der Waals surface area contributed by atoms with Crippen LogP contribution >= 0.6 is 11.3 Å². The molecule has 0 saturated carbocycles. The summed E-state index contributed by atoms with van der Waals surface area (Å²) in [6, 6.07) is 15.5. The molecule has 25 heavy (non-hydrogen) atoms. The molecular weight excluding hydrogens is 352 g/mol. The summed E-state index contributed by atoms with van der Waals surface area (Å²) in [5, 5.41) is 5.44. The summed E-state index contributed by atoms with van der Waals surface area (Å²) in [5.41, 5.74) is 3.03. The van der Waals surface area contributed by atoms with Crippen molar-refractivity contribution in [1.29, 1.82) is 0 Å². The topological polar surface area (TPSA) is 51.1 Å². The van der Waals surface area contributed by atoms with Gasteiger partial charge < -0.3 is 5.32 Å². The van der Waals surface area contributed by atoms with E-state index in [0.717, 1.165) is 51.6 Å². The molecule has 4 nitrogen and oxygen atoms in total. The lowest BCUT2D eigenvalue weighted by atomic mass is 10.1. The van der Waals surface area contributed by atoms with E-state index in [4.69, 9.17) is 0 Å². The standard InChI is InChI=1S/C19H16N2O2S2/c22-25(23,18-10-13-4-1-2-7-17(13)24-18)21-12-15-8-9-20-11-14-5-3-6-16(21)19(14)15/h1-7,10,12,20H,8-9,11H2. The lowest BCUT2D eigenvalue weighted by Gasteiger charge is -2.07. The van der Waals surface area contributed by atoms with E-state index in [9.17, 15) is 8.42 Å². The van der Waals surface area contributed by atoms with Gasteiger partial charge in [-0.25, -0.2) is 3.97 Å². The summed E-state index contributed by atoms with van der Waals surface area (Å²) in [6.07, 6.45) is 2.64. The first-order valence-electron chi connectivity index (χ1n) is 8.21. The van der Waals surface area contributed by atoms with Gasteiger partial charge in [0.2, 0.25) is 0 Å². The van der Waals surface area contributed by atoms with Crippen LogP contribution in [0.25, 0.3) is 21.0 Å². The molecule has 0 saturated heterocycles. The number of hydrogen-bond acceptors (Lipinski definition) is 4. The molecule has 1 aliphatic rings. The van der Waals surface area contributed by atoms with E-state index < -0.39 is 10.0 Å². The van der Waals surface area contributed by atoms with Crippen LogP contribution in [0.2, 0.25) is 0 Å². The summed E-state index contributed by atoms with van der Waals surface area (Å²) in [4.78, 5) is 0. The second kappa shape index (κ2) is 5.42. The van der Waals surface area contributed by atoms with Crippen molar-refractivity contribution in [3.8, 4) is 0 Å². The molecule has 0 bridgehead atoms. The van der Waals surface area contributed by atoms with Gasteiger partial charge in [0.15, 0.2) is 0 Å². The monoisotopic (exact) mass is 368 g/mol. The number of nitrogens with zero attached hydrogens (tertiary/aromatic N) is 1. The highest BCUT2D eigenvalue weighted by atomic mass is 32.2. The summed E-state index contributed by atoms with van der Waals surface area (Å²) in [6.45, 7) is 1.63. The Kier molecular flexibility index (Phi) is 3.28. The van der Waals surface area contributed by atoms with Gasteiger partial charge in [-0.1, -0.05) is 30.3 Å². The van der Waals surface area contributed by atoms with E-state index in [1.165, 1.54) is 15.3 Å². The quantitative estimate of drug-likeness (QED) is 0.586. The molecule has 1 aliphatic heterocycles. The normalized spacial score (nSPS) is 14.9. The van der Waals surface area contributed by atoms with Crippen LogP contribution in [0.4, 0.5) is 0 Å². The van der Waals surface area contributed by atoms with Crippen molar-refractivity contribution in [2.24, 2.45) is 0 Å². The predicted molar refractivity (Wildman–Crippen MR) is 102 cm³/mol. The molecule has 0 unspecified atom stereocenters.